The van der Waals surface area contributed by atoms with Gasteiger partial charge < -0.3 is 5.32 Å². The molecule has 0 aliphatic carbocycles. The molecule has 1 heterocycles. The van der Waals surface area contributed by atoms with Gasteiger partial charge >= 0.3 is 0 Å². The lowest BCUT2D eigenvalue weighted by Crippen LogP contribution is -2.23. The third-order valence-corrected chi connectivity index (χ3v) is 6.35. The van der Waals surface area contributed by atoms with Gasteiger partial charge in [0.15, 0.2) is 4.34 Å². The standard InChI is InChI=1S/C19H19N3O3S2/c1-10-7-11(2)17(12(3)8-10)21-18(23)13(4)26-19-20-15-6-5-14(22(24)25)9-16(15)27-19/h5-9,13H,1-4H3,(H,21,23)/t13-/m1/s1. The van der Waals surface area contributed by atoms with Crippen molar-refractivity contribution in [3.8, 4) is 0 Å². The molecule has 1 aromatic heterocycles. The molecule has 0 aliphatic rings. The van der Waals surface area contributed by atoms with E-state index in [0.717, 1.165) is 27.1 Å². The molecule has 3 rings (SSSR count). The van der Waals surface area contributed by atoms with Crippen molar-refractivity contribution in [1.82, 2.24) is 4.98 Å². The molecule has 0 bridgehead atoms. The summed E-state index contributed by atoms with van der Waals surface area (Å²) in [6.07, 6.45) is 0. The molecule has 3 aromatic rings. The Bertz CT molecular complexity index is 1020. The zero-order valence-electron chi connectivity index (χ0n) is 15.4. The smallest absolute Gasteiger partial charge is 0.270 e. The summed E-state index contributed by atoms with van der Waals surface area (Å²) in [6, 6.07) is 8.68. The topological polar surface area (TPSA) is 85.1 Å². The SMILES string of the molecule is Cc1cc(C)c(NC(=O)[C@@H](C)Sc2nc3ccc([N+](=O)[O-])cc3s2)c(C)c1. The molecule has 2 aromatic carbocycles. The van der Waals surface area contributed by atoms with Crippen molar-refractivity contribution in [2.75, 3.05) is 5.32 Å². The molecule has 0 aliphatic heterocycles. The Morgan fingerprint density at radius 1 is 1.22 bits per heavy atom. The molecule has 0 spiro atoms. The van der Waals surface area contributed by atoms with Crippen LogP contribution in [0.25, 0.3) is 10.2 Å². The van der Waals surface area contributed by atoms with Crippen LogP contribution in [-0.4, -0.2) is 21.1 Å². The van der Waals surface area contributed by atoms with Crippen LogP contribution in [0.5, 0.6) is 0 Å². The Labute approximate surface area is 165 Å². The number of aromatic nitrogens is 1. The van der Waals surface area contributed by atoms with Gasteiger partial charge in [-0.15, -0.1) is 11.3 Å². The molecule has 27 heavy (non-hydrogen) atoms. The van der Waals surface area contributed by atoms with Gasteiger partial charge in [-0.3, -0.25) is 14.9 Å². The highest BCUT2D eigenvalue weighted by molar-refractivity contribution is 8.02. The summed E-state index contributed by atoms with van der Waals surface area (Å²) in [5.41, 5.74) is 4.81. The number of hydrogen-bond acceptors (Lipinski definition) is 6. The number of thiazole rings is 1. The van der Waals surface area contributed by atoms with Gasteiger partial charge in [0.2, 0.25) is 5.91 Å². The lowest BCUT2D eigenvalue weighted by atomic mass is 10.1. The number of thioether (sulfide) groups is 1. The van der Waals surface area contributed by atoms with Crippen LogP contribution < -0.4 is 5.32 Å². The van der Waals surface area contributed by atoms with Crippen molar-refractivity contribution in [2.45, 2.75) is 37.3 Å². The minimum absolute atomic E-state index is 0.0406. The molecule has 6 nitrogen and oxygen atoms in total. The third kappa shape index (κ3) is 4.28. The molecule has 1 amide bonds. The Balaban J connectivity index is 1.75. The van der Waals surface area contributed by atoms with Crippen LogP contribution in [0.4, 0.5) is 11.4 Å². The number of non-ortho nitro benzene ring substituents is 1. The number of fused-ring (bicyclic) bond motifs is 1. The van der Waals surface area contributed by atoms with E-state index in [1.165, 1.54) is 35.2 Å². The first kappa shape index (κ1) is 19.3. The molecular weight excluding hydrogens is 382 g/mol. The first-order valence-corrected chi connectivity index (χ1v) is 10.0. The molecule has 0 saturated carbocycles. The molecule has 0 unspecified atom stereocenters. The van der Waals surface area contributed by atoms with Crippen molar-refractivity contribution >= 4 is 50.6 Å². The summed E-state index contributed by atoms with van der Waals surface area (Å²) in [7, 11) is 0. The van der Waals surface area contributed by atoms with Crippen molar-refractivity contribution in [3.05, 3.63) is 57.1 Å². The highest BCUT2D eigenvalue weighted by Crippen LogP contribution is 2.34. The van der Waals surface area contributed by atoms with Crippen LogP contribution in [0.3, 0.4) is 0 Å². The predicted octanol–water partition coefficient (Wildman–Crippen LogP) is 5.25. The van der Waals surface area contributed by atoms with Gasteiger partial charge in [-0.2, -0.15) is 0 Å². The van der Waals surface area contributed by atoms with Crippen molar-refractivity contribution in [1.29, 1.82) is 0 Å². The zero-order chi connectivity index (χ0) is 19.7. The third-order valence-electron chi connectivity index (χ3n) is 4.14. The fourth-order valence-electron chi connectivity index (χ4n) is 2.86. The largest absolute Gasteiger partial charge is 0.325 e. The maximum absolute atomic E-state index is 12.6. The second-order valence-electron chi connectivity index (χ2n) is 6.41. The number of nitrogens with zero attached hydrogens (tertiary/aromatic N) is 2. The molecule has 1 N–H and O–H groups in total. The number of hydrogen-bond donors (Lipinski definition) is 1. The lowest BCUT2D eigenvalue weighted by molar-refractivity contribution is -0.384. The number of nitro benzene ring substituents is 1. The van der Waals surface area contributed by atoms with E-state index in [1.807, 2.05) is 39.8 Å². The van der Waals surface area contributed by atoms with Gasteiger partial charge in [-0.25, -0.2) is 4.98 Å². The van der Waals surface area contributed by atoms with Crippen LogP contribution in [-0.2, 0) is 4.79 Å². The number of aryl methyl sites for hydroxylation is 3. The van der Waals surface area contributed by atoms with E-state index in [0.29, 0.717) is 9.86 Å². The second-order valence-corrected chi connectivity index (χ2v) is 9.03. The molecule has 140 valence electrons. The Morgan fingerprint density at radius 3 is 2.52 bits per heavy atom. The minimum atomic E-state index is -0.422. The highest BCUT2D eigenvalue weighted by Gasteiger charge is 2.19. The van der Waals surface area contributed by atoms with Crippen molar-refractivity contribution in [2.24, 2.45) is 0 Å². The first-order valence-electron chi connectivity index (χ1n) is 8.35. The van der Waals surface area contributed by atoms with E-state index in [1.54, 1.807) is 6.07 Å². The fourth-order valence-corrected chi connectivity index (χ4v) is 5.11. The normalized spacial score (nSPS) is 12.1. The molecule has 1 atom stereocenters. The molecule has 8 heteroatoms. The summed E-state index contributed by atoms with van der Waals surface area (Å²) in [4.78, 5) is 27.6. The Kier molecular flexibility index (Phi) is 5.48. The molecule has 0 fully saturated rings. The average Bonchev–Trinajstić information content (AvgIpc) is 2.98. The molecule has 0 saturated heterocycles. The number of carbonyl (C=O) groups excluding carboxylic acids is 1. The van der Waals surface area contributed by atoms with E-state index >= 15 is 0 Å². The van der Waals surface area contributed by atoms with E-state index in [4.69, 9.17) is 0 Å². The molecule has 0 radical (unpaired) electrons. The van der Waals surface area contributed by atoms with Gasteiger partial charge in [0.25, 0.3) is 5.69 Å². The van der Waals surface area contributed by atoms with Crippen molar-refractivity contribution in [3.63, 3.8) is 0 Å². The van der Waals surface area contributed by atoms with Crippen LogP contribution in [0, 0.1) is 30.9 Å². The fraction of sp³-hybridized carbons (Fsp3) is 0.263. The maximum Gasteiger partial charge on any atom is 0.270 e. The predicted molar refractivity (Wildman–Crippen MR) is 111 cm³/mol. The number of amides is 1. The van der Waals surface area contributed by atoms with Crippen LogP contribution in [0.15, 0.2) is 34.7 Å². The summed E-state index contributed by atoms with van der Waals surface area (Å²) < 4.78 is 1.45. The summed E-state index contributed by atoms with van der Waals surface area (Å²) in [5.74, 6) is -0.0970. The first-order chi connectivity index (χ1) is 12.7. The van der Waals surface area contributed by atoms with E-state index in [2.05, 4.69) is 10.3 Å². The monoisotopic (exact) mass is 401 g/mol. The second kappa shape index (κ2) is 7.66. The van der Waals surface area contributed by atoms with Gasteiger partial charge in [-0.05, 0) is 44.9 Å². The number of benzene rings is 2. The number of rotatable bonds is 5. The van der Waals surface area contributed by atoms with Crippen LogP contribution in [0.1, 0.15) is 23.6 Å². The average molecular weight is 402 g/mol. The minimum Gasteiger partial charge on any atom is -0.325 e. The number of anilines is 1. The zero-order valence-corrected chi connectivity index (χ0v) is 17.0. The van der Waals surface area contributed by atoms with Crippen LogP contribution >= 0.6 is 23.1 Å². The summed E-state index contributed by atoms with van der Waals surface area (Å²) >= 11 is 2.71. The van der Waals surface area contributed by atoms with Crippen LogP contribution in [0.2, 0.25) is 0 Å². The quantitative estimate of drug-likeness (QED) is 0.358. The van der Waals surface area contributed by atoms with Gasteiger partial charge in [0.1, 0.15) is 0 Å². The summed E-state index contributed by atoms with van der Waals surface area (Å²) in [5, 5.41) is 13.6. The van der Waals surface area contributed by atoms with Gasteiger partial charge in [0, 0.05) is 17.8 Å². The van der Waals surface area contributed by atoms with E-state index in [9.17, 15) is 14.9 Å². The number of nitrogens with one attached hydrogen (secondary N) is 1. The Morgan fingerprint density at radius 2 is 1.89 bits per heavy atom. The highest BCUT2D eigenvalue weighted by atomic mass is 32.2. The maximum atomic E-state index is 12.6. The van der Waals surface area contributed by atoms with Gasteiger partial charge in [-0.1, -0.05) is 29.5 Å². The Hall–Kier alpha value is -2.45. The molecular formula is C19H19N3O3S2. The van der Waals surface area contributed by atoms with Gasteiger partial charge in [0.05, 0.1) is 20.4 Å². The summed E-state index contributed by atoms with van der Waals surface area (Å²) in [6.45, 7) is 7.82. The number of carbonyl (C=O) groups is 1. The van der Waals surface area contributed by atoms with E-state index in [-0.39, 0.29) is 16.8 Å². The van der Waals surface area contributed by atoms with Crippen molar-refractivity contribution < 1.29 is 9.72 Å². The lowest BCUT2D eigenvalue weighted by Gasteiger charge is -2.15. The van der Waals surface area contributed by atoms with E-state index < -0.39 is 4.92 Å². The number of nitro groups is 1.